The van der Waals surface area contributed by atoms with Crippen LogP contribution < -0.4 is 0 Å². The number of sulfonamides is 1. The van der Waals surface area contributed by atoms with E-state index in [0.29, 0.717) is 17.0 Å². The van der Waals surface area contributed by atoms with Crippen LogP contribution >= 0.6 is 0 Å². The van der Waals surface area contributed by atoms with Gasteiger partial charge < -0.3 is 0 Å². The number of hydrogen-bond donors (Lipinski definition) is 0. The van der Waals surface area contributed by atoms with Gasteiger partial charge in [-0.2, -0.15) is 4.31 Å². The van der Waals surface area contributed by atoms with Crippen molar-refractivity contribution in [2.24, 2.45) is 0 Å². The molecule has 0 bridgehead atoms. The van der Waals surface area contributed by atoms with Crippen LogP contribution in [0.4, 0.5) is 0 Å². The number of nitrogens with zero attached hydrogens (tertiary/aromatic N) is 2. The van der Waals surface area contributed by atoms with Gasteiger partial charge in [0.25, 0.3) is 0 Å². The molecule has 1 aromatic heterocycles. The van der Waals surface area contributed by atoms with Gasteiger partial charge in [0.15, 0.2) is 0 Å². The fourth-order valence-corrected chi connectivity index (χ4v) is 6.22. The summed E-state index contributed by atoms with van der Waals surface area (Å²) in [5.41, 5.74) is 0.591. The lowest BCUT2D eigenvalue weighted by Gasteiger charge is -2.33. The van der Waals surface area contributed by atoms with E-state index >= 15 is 0 Å². The molecule has 1 aliphatic carbocycles. The van der Waals surface area contributed by atoms with Crippen molar-refractivity contribution in [3.8, 4) is 0 Å². The summed E-state index contributed by atoms with van der Waals surface area (Å²) >= 11 is 0. The maximum Gasteiger partial charge on any atom is 0.245 e. The lowest BCUT2D eigenvalue weighted by atomic mass is 9.95. The Morgan fingerprint density at radius 2 is 1.68 bits per heavy atom. The lowest BCUT2D eigenvalue weighted by molar-refractivity contribution is 0.249. The van der Waals surface area contributed by atoms with Crippen molar-refractivity contribution < 1.29 is 8.42 Å². The number of hydrogen-bond acceptors (Lipinski definition) is 3. The second-order valence-corrected chi connectivity index (χ2v) is 9.87. The van der Waals surface area contributed by atoms with Gasteiger partial charge in [-0.1, -0.05) is 76.5 Å². The van der Waals surface area contributed by atoms with Crippen molar-refractivity contribution in [3.63, 3.8) is 0 Å². The zero-order chi connectivity index (χ0) is 19.8. The largest absolute Gasteiger partial charge is 0.255 e. The molecular weight excluding hydrogens is 368 g/mol. The number of benzene rings is 1. The standard InChI is InChI=1S/C23H34N2O2S/c1-2-3-4-5-6-10-19-25(21-15-8-7-9-16-21)28(26,27)22-17-11-13-20-14-12-18-24-23(20)22/h11-14,17-18,21H,2-10,15-16,19H2,1H3. The molecule has 2 aromatic rings. The highest BCUT2D eigenvalue weighted by molar-refractivity contribution is 7.89. The van der Waals surface area contributed by atoms with Gasteiger partial charge >= 0.3 is 0 Å². The van der Waals surface area contributed by atoms with Crippen molar-refractivity contribution in [1.82, 2.24) is 9.29 Å². The first kappa shape index (κ1) is 21.3. The first-order chi connectivity index (χ1) is 13.6. The zero-order valence-corrected chi connectivity index (χ0v) is 18.0. The second kappa shape index (κ2) is 10.4. The Bertz CT molecular complexity index is 839. The Kier molecular flexibility index (Phi) is 7.86. The van der Waals surface area contributed by atoms with E-state index in [0.717, 1.165) is 43.9 Å². The molecule has 0 amide bonds. The molecule has 1 fully saturated rings. The third-order valence-electron chi connectivity index (χ3n) is 5.90. The first-order valence-electron chi connectivity index (χ1n) is 11.0. The van der Waals surface area contributed by atoms with Crippen LogP contribution in [0, 0.1) is 0 Å². The number of fused-ring (bicyclic) bond motifs is 1. The minimum Gasteiger partial charge on any atom is -0.255 e. The molecule has 0 N–H and O–H groups in total. The first-order valence-corrected chi connectivity index (χ1v) is 12.4. The molecule has 0 unspecified atom stereocenters. The Hall–Kier alpha value is -1.46. The minimum atomic E-state index is -3.55. The third kappa shape index (κ3) is 5.12. The van der Waals surface area contributed by atoms with Crippen molar-refractivity contribution in [3.05, 3.63) is 36.5 Å². The van der Waals surface area contributed by atoms with Crippen molar-refractivity contribution in [2.75, 3.05) is 6.54 Å². The quantitative estimate of drug-likeness (QED) is 0.464. The SMILES string of the molecule is CCCCCCCCN(C1CCCCC1)S(=O)(=O)c1cccc2cccnc12. The summed E-state index contributed by atoms with van der Waals surface area (Å²) in [6.07, 6.45) is 14.1. The predicted octanol–water partition coefficient (Wildman–Crippen LogP) is 5.92. The Morgan fingerprint density at radius 3 is 2.46 bits per heavy atom. The van der Waals surface area contributed by atoms with Crippen molar-refractivity contribution in [2.45, 2.75) is 88.5 Å². The third-order valence-corrected chi connectivity index (χ3v) is 7.88. The highest BCUT2D eigenvalue weighted by Crippen LogP contribution is 2.31. The smallest absolute Gasteiger partial charge is 0.245 e. The van der Waals surface area contributed by atoms with E-state index in [1.54, 1.807) is 12.3 Å². The molecule has 4 nitrogen and oxygen atoms in total. The van der Waals surface area contributed by atoms with Gasteiger partial charge in [0.2, 0.25) is 10.0 Å². The van der Waals surface area contributed by atoms with Gasteiger partial charge in [0.05, 0.1) is 5.52 Å². The summed E-state index contributed by atoms with van der Waals surface area (Å²) in [7, 11) is -3.55. The molecule has 1 aromatic carbocycles. The number of rotatable bonds is 10. The Balaban J connectivity index is 1.82. The maximum atomic E-state index is 13.7. The van der Waals surface area contributed by atoms with Crippen LogP contribution in [0.5, 0.6) is 0 Å². The zero-order valence-electron chi connectivity index (χ0n) is 17.1. The minimum absolute atomic E-state index is 0.133. The fourth-order valence-electron chi connectivity index (χ4n) is 4.33. The van der Waals surface area contributed by atoms with Crippen molar-refractivity contribution >= 4 is 20.9 Å². The summed E-state index contributed by atoms with van der Waals surface area (Å²) in [6, 6.07) is 9.41. The highest BCUT2D eigenvalue weighted by Gasteiger charge is 2.33. The predicted molar refractivity (Wildman–Crippen MR) is 116 cm³/mol. The van der Waals surface area contributed by atoms with Gasteiger partial charge in [-0.05, 0) is 31.4 Å². The van der Waals surface area contributed by atoms with E-state index in [1.165, 1.54) is 32.1 Å². The normalized spacial score (nSPS) is 16.1. The second-order valence-electron chi connectivity index (χ2n) is 8.01. The Morgan fingerprint density at radius 1 is 0.964 bits per heavy atom. The number of unbranched alkanes of at least 4 members (excludes halogenated alkanes) is 5. The molecule has 0 spiro atoms. The molecule has 0 saturated heterocycles. The summed E-state index contributed by atoms with van der Waals surface area (Å²) in [4.78, 5) is 4.76. The fraction of sp³-hybridized carbons (Fsp3) is 0.609. The average Bonchev–Trinajstić information content (AvgIpc) is 2.73. The maximum absolute atomic E-state index is 13.7. The number of aromatic nitrogens is 1. The highest BCUT2D eigenvalue weighted by atomic mass is 32.2. The van der Waals surface area contributed by atoms with Crippen LogP contribution in [0.3, 0.4) is 0 Å². The molecule has 0 aliphatic heterocycles. The summed E-state index contributed by atoms with van der Waals surface area (Å²) in [6.45, 7) is 2.85. The van der Waals surface area contributed by atoms with Gasteiger partial charge in [-0.15, -0.1) is 0 Å². The van der Waals surface area contributed by atoms with Crippen LogP contribution in [-0.4, -0.2) is 30.3 Å². The van der Waals surface area contributed by atoms with Gasteiger partial charge in [-0.3, -0.25) is 4.98 Å². The molecular formula is C23H34N2O2S. The average molecular weight is 403 g/mol. The molecule has 1 heterocycles. The van der Waals surface area contributed by atoms with Gasteiger partial charge in [0.1, 0.15) is 4.90 Å². The number of para-hydroxylation sites is 1. The van der Waals surface area contributed by atoms with Gasteiger partial charge in [0, 0.05) is 24.2 Å². The van der Waals surface area contributed by atoms with Gasteiger partial charge in [-0.25, -0.2) is 8.42 Å². The molecule has 3 rings (SSSR count). The molecule has 0 atom stereocenters. The molecule has 154 valence electrons. The molecule has 0 radical (unpaired) electrons. The molecule has 28 heavy (non-hydrogen) atoms. The van der Waals surface area contributed by atoms with Crippen molar-refractivity contribution in [1.29, 1.82) is 0 Å². The molecule has 1 saturated carbocycles. The van der Waals surface area contributed by atoms with Crippen LogP contribution in [0.2, 0.25) is 0 Å². The van der Waals surface area contributed by atoms with E-state index in [1.807, 2.05) is 28.6 Å². The van der Waals surface area contributed by atoms with E-state index in [9.17, 15) is 8.42 Å². The van der Waals surface area contributed by atoms with E-state index in [4.69, 9.17) is 0 Å². The van der Waals surface area contributed by atoms with E-state index < -0.39 is 10.0 Å². The van der Waals surface area contributed by atoms with E-state index in [-0.39, 0.29) is 6.04 Å². The summed E-state index contributed by atoms with van der Waals surface area (Å²) in [5, 5.41) is 0.881. The van der Waals surface area contributed by atoms with Crippen LogP contribution in [0.1, 0.15) is 77.6 Å². The summed E-state index contributed by atoms with van der Waals surface area (Å²) in [5.74, 6) is 0. The molecule has 5 heteroatoms. The summed E-state index contributed by atoms with van der Waals surface area (Å²) < 4.78 is 29.2. The lowest BCUT2D eigenvalue weighted by Crippen LogP contribution is -2.42. The van der Waals surface area contributed by atoms with Crippen LogP contribution in [-0.2, 0) is 10.0 Å². The van der Waals surface area contributed by atoms with E-state index in [2.05, 4.69) is 11.9 Å². The monoisotopic (exact) mass is 402 g/mol. The van der Waals surface area contributed by atoms with Crippen LogP contribution in [0.15, 0.2) is 41.4 Å². The molecule has 1 aliphatic rings. The topological polar surface area (TPSA) is 50.3 Å². The Labute approximate surface area is 170 Å². The number of pyridine rings is 1. The van der Waals surface area contributed by atoms with Crippen LogP contribution in [0.25, 0.3) is 10.9 Å².